The molecule has 0 saturated carbocycles. The van der Waals surface area contributed by atoms with E-state index in [4.69, 9.17) is 4.74 Å². The maximum atomic E-state index is 13.8. The highest BCUT2D eigenvalue weighted by Crippen LogP contribution is 2.19. The van der Waals surface area contributed by atoms with E-state index in [9.17, 15) is 12.8 Å². The molecule has 1 aliphatic rings. The first-order valence-corrected chi connectivity index (χ1v) is 11.3. The first-order chi connectivity index (χ1) is 14.0. The molecule has 0 spiro atoms. The van der Waals surface area contributed by atoms with E-state index in [0.29, 0.717) is 5.96 Å². The fourth-order valence-corrected chi connectivity index (χ4v) is 4.56. The molecule has 0 bridgehead atoms. The minimum atomic E-state index is -3.70. The van der Waals surface area contributed by atoms with Crippen LogP contribution >= 0.6 is 0 Å². The molecule has 8 heteroatoms. The van der Waals surface area contributed by atoms with Crippen molar-refractivity contribution in [1.82, 2.24) is 10.2 Å². The second-order valence-corrected chi connectivity index (χ2v) is 8.92. The highest BCUT2D eigenvalue weighted by Gasteiger charge is 2.23. The number of benzene rings is 2. The van der Waals surface area contributed by atoms with Gasteiger partial charge in [0.25, 0.3) is 0 Å². The van der Waals surface area contributed by atoms with Gasteiger partial charge in [-0.3, -0.25) is 4.99 Å². The minimum Gasteiger partial charge on any atom is -0.490 e. The molecule has 1 heterocycles. The third-order valence-electron chi connectivity index (χ3n) is 4.82. The molecule has 29 heavy (non-hydrogen) atoms. The molecule has 0 atom stereocenters. The van der Waals surface area contributed by atoms with Gasteiger partial charge in [-0.05, 0) is 24.3 Å². The van der Waals surface area contributed by atoms with Crippen LogP contribution in [0.4, 0.5) is 4.39 Å². The lowest BCUT2D eigenvalue weighted by molar-refractivity contribution is 0.129. The number of piperidine rings is 1. The van der Waals surface area contributed by atoms with Crippen molar-refractivity contribution in [3.8, 4) is 5.75 Å². The number of hydrogen-bond donors (Lipinski definition) is 1. The van der Waals surface area contributed by atoms with Crippen LogP contribution in [0.3, 0.4) is 0 Å². The summed E-state index contributed by atoms with van der Waals surface area (Å²) in [6.45, 7) is 1.68. The molecule has 1 N–H and O–H groups in total. The van der Waals surface area contributed by atoms with E-state index in [2.05, 4.69) is 15.2 Å². The third-order valence-corrected chi connectivity index (χ3v) is 6.57. The number of aliphatic imine (C=N–C) groups is 1. The second-order valence-electron chi connectivity index (χ2n) is 6.84. The fourth-order valence-electron chi connectivity index (χ4n) is 3.31. The fraction of sp³-hybridized carbons (Fsp3) is 0.381. The lowest BCUT2D eigenvalue weighted by atomic mass is 10.1. The highest BCUT2D eigenvalue weighted by atomic mass is 32.2. The van der Waals surface area contributed by atoms with Gasteiger partial charge in [0.05, 0.1) is 5.75 Å². The summed E-state index contributed by atoms with van der Waals surface area (Å²) in [5, 5.41) is 3.08. The number of nitrogens with zero attached hydrogens (tertiary/aromatic N) is 2. The van der Waals surface area contributed by atoms with Crippen molar-refractivity contribution in [2.24, 2.45) is 4.99 Å². The normalized spacial score (nSPS) is 15.9. The summed E-state index contributed by atoms with van der Waals surface area (Å²) in [4.78, 5) is 6.07. The Kier molecular flexibility index (Phi) is 7.09. The third kappa shape index (κ3) is 5.69. The zero-order valence-corrected chi connectivity index (χ0v) is 17.2. The highest BCUT2D eigenvalue weighted by molar-refractivity contribution is 7.91. The van der Waals surface area contributed by atoms with Gasteiger partial charge < -0.3 is 15.0 Å². The van der Waals surface area contributed by atoms with Crippen LogP contribution in [0.25, 0.3) is 0 Å². The molecule has 3 rings (SSSR count). The zero-order chi connectivity index (χ0) is 20.7. The predicted octanol–water partition coefficient (Wildman–Crippen LogP) is 2.72. The van der Waals surface area contributed by atoms with Crippen LogP contribution in [-0.2, 0) is 9.84 Å². The monoisotopic (exact) mass is 419 g/mol. The Hall–Kier alpha value is -2.61. The van der Waals surface area contributed by atoms with E-state index in [-0.39, 0.29) is 23.3 Å². The van der Waals surface area contributed by atoms with Crippen molar-refractivity contribution in [3.63, 3.8) is 0 Å². The second kappa shape index (κ2) is 9.73. The van der Waals surface area contributed by atoms with Crippen LogP contribution in [0.1, 0.15) is 12.8 Å². The topological polar surface area (TPSA) is 71.0 Å². The van der Waals surface area contributed by atoms with Crippen molar-refractivity contribution in [2.75, 3.05) is 32.4 Å². The number of sulfone groups is 1. The maximum Gasteiger partial charge on any atom is 0.193 e. The SMILES string of the molecule is CN=C(NCCS(=O)(=O)c1ccccc1F)N1CCC(Oc2ccccc2)CC1. The van der Waals surface area contributed by atoms with Gasteiger partial charge in [-0.2, -0.15) is 0 Å². The van der Waals surface area contributed by atoms with Gasteiger partial charge in [-0.25, -0.2) is 12.8 Å². The van der Waals surface area contributed by atoms with Crippen LogP contribution in [0.5, 0.6) is 5.75 Å². The Morgan fingerprint density at radius 1 is 1.14 bits per heavy atom. The summed E-state index contributed by atoms with van der Waals surface area (Å²) in [6, 6.07) is 15.2. The van der Waals surface area contributed by atoms with Gasteiger partial charge in [0.1, 0.15) is 22.6 Å². The Labute approximate surface area is 171 Å². The molecule has 0 amide bonds. The number of nitrogens with one attached hydrogen (secondary N) is 1. The number of guanidine groups is 1. The van der Waals surface area contributed by atoms with Gasteiger partial charge in [-0.15, -0.1) is 0 Å². The van der Waals surface area contributed by atoms with Crippen molar-refractivity contribution in [3.05, 3.63) is 60.4 Å². The van der Waals surface area contributed by atoms with E-state index < -0.39 is 15.7 Å². The van der Waals surface area contributed by atoms with E-state index in [1.54, 1.807) is 7.05 Å². The van der Waals surface area contributed by atoms with E-state index in [0.717, 1.165) is 37.7 Å². The largest absolute Gasteiger partial charge is 0.490 e. The van der Waals surface area contributed by atoms with Gasteiger partial charge in [0.15, 0.2) is 15.8 Å². The molecule has 156 valence electrons. The standard InChI is InChI=1S/C21H26FN3O3S/c1-23-21(24-13-16-29(26,27)20-10-6-5-9-19(20)22)25-14-11-18(12-15-25)28-17-7-3-2-4-8-17/h2-10,18H,11-16H2,1H3,(H,23,24). The summed E-state index contributed by atoms with van der Waals surface area (Å²) >= 11 is 0. The van der Waals surface area contributed by atoms with Crippen LogP contribution in [0, 0.1) is 5.82 Å². The van der Waals surface area contributed by atoms with Gasteiger partial charge >= 0.3 is 0 Å². The lowest BCUT2D eigenvalue weighted by Crippen LogP contribution is -2.48. The van der Waals surface area contributed by atoms with Crippen LogP contribution in [0.2, 0.25) is 0 Å². The number of ether oxygens (including phenoxy) is 1. The first-order valence-electron chi connectivity index (χ1n) is 9.64. The summed E-state index contributed by atoms with van der Waals surface area (Å²) in [5.41, 5.74) is 0. The average molecular weight is 420 g/mol. The average Bonchev–Trinajstić information content (AvgIpc) is 2.73. The number of rotatable bonds is 6. The van der Waals surface area contributed by atoms with Crippen molar-refractivity contribution in [2.45, 2.75) is 23.8 Å². The molecule has 0 unspecified atom stereocenters. The number of halogens is 1. The molecular weight excluding hydrogens is 393 g/mol. The molecule has 1 saturated heterocycles. The van der Waals surface area contributed by atoms with E-state index >= 15 is 0 Å². The van der Waals surface area contributed by atoms with E-state index in [1.807, 2.05) is 30.3 Å². The number of likely N-dealkylation sites (tertiary alicyclic amines) is 1. The number of para-hydroxylation sites is 1. The Morgan fingerprint density at radius 3 is 2.45 bits per heavy atom. The van der Waals surface area contributed by atoms with Gasteiger partial charge in [0, 0.05) is 39.5 Å². The van der Waals surface area contributed by atoms with Crippen molar-refractivity contribution >= 4 is 15.8 Å². The predicted molar refractivity (Wildman–Crippen MR) is 111 cm³/mol. The van der Waals surface area contributed by atoms with Gasteiger partial charge in [-0.1, -0.05) is 30.3 Å². The van der Waals surface area contributed by atoms with Crippen LogP contribution < -0.4 is 10.1 Å². The molecule has 2 aromatic carbocycles. The minimum absolute atomic E-state index is 0.146. The molecule has 0 aromatic heterocycles. The maximum absolute atomic E-state index is 13.8. The Bertz CT molecular complexity index is 927. The number of hydrogen-bond acceptors (Lipinski definition) is 4. The van der Waals surface area contributed by atoms with Crippen LogP contribution in [0.15, 0.2) is 64.5 Å². The molecule has 1 aliphatic heterocycles. The van der Waals surface area contributed by atoms with Gasteiger partial charge in [0.2, 0.25) is 0 Å². The Morgan fingerprint density at radius 2 is 1.79 bits per heavy atom. The first kappa shape index (κ1) is 21.1. The molecule has 1 fully saturated rings. The summed E-state index contributed by atoms with van der Waals surface area (Å²) < 4.78 is 44.5. The molecule has 0 aliphatic carbocycles. The summed E-state index contributed by atoms with van der Waals surface area (Å²) in [6.07, 6.45) is 1.85. The van der Waals surface area contributed by atoms with Crippen molar-refractivity contribution in [1.29, 1.82) is 0 Å². The molecular formula is C21H26FN3O3S. The Balaban J connectivity index is 1.48. The molecule has 2 aromatic rings. The zero-order valence-electron chi connectivity index (χ0n) is 16.4. The lowest BCUT2D eigenvalue weighted by Gasteiger charge is -2.34. The summed E-state index contributed by atoms with van der Waals surface area (Å²) in [5.74, 6) is 0.580. The van der Waals surface area contributed by atoms with E-state index in [1.165, 1.54) is 18.2 Å². The summed E-state index contributed by atoms with van der Waals surface area (Å²) in [7, 11) is -2.03. The molecule has 6 nitrogen and oxygen atoms in total. The quantitative estimate of drug-likeness (QED) is 0.576. The van der Waals surface area contributed by atoms with Crippen molar-refractivity contribution < 1.29 is 17.5 Å². The van der Waals surface area contributed by atoms with Crippen LogP contribution in [-0.4, -0.2) is 57.8 Å². The smallest absolute Gasteiger partial charge is 0.193 e. The molecule has 0 radical (unpaired) electrons.